The minimum absolute atomic E-state index is 0.0685. The van der Waals surface area contributed by atoms with Crippen molar-refractivity contribution < 1.29 is 23.4 Å². The smallest absolute Gasteiger partial charge is 0.319 e. The first-order valence-electron chi connectivity index (χ1n) is 6.81. The number of hydrogen-bond acceptors (Lipinski definition) is 3. The van der Waals surface area contributed by atoms with E-state index in [9.17, 15) is 18.7 Å². The van der Waals surface area contributed by atoms with Crippen LogP contribution in [0.5, 0.6) is 5.75 Å². The zero-order valence-electron chi connectivity index (χ0n) is 12.3. The van der Waals surface area contributed by atoms with Crippen LogP contribution in [-0.2, 0) is 0 Å². The Morgan fingerprint density at radius 1 is 1.22 bits per heavy atom. The van der Waals surface area contributed by atoms with Crippen LogP contribution < -0.4 is 15.4 Å². The van der Waals surface area contributed by atoms with E-state index in [2.05, 4.69) is 10.6 Å². The first-order valence-corrected chi connectivity index (χ1v) is 6.81. The summed E-state index contributed by atoms with van der Waals surface area (Å²) in [5, 5.41) is 14.6. The normalized spacial score (nSPS) is 11.7. The fourth-order valence-corrected chi connectivity index (χ4v) is 1.89. The van der Waals surface area contributed by atoms with Gasteiger partial charge >= 0.3 is 6.03 Å². The van der Waals surface area contributed by atoms with E-state index >= 15 is 0 Å². The third kappa shape index (κ3) is 4.65. The van der Waals surface area contributed by atoms with E-state index in [-0.39, 0.29) is 12.2 Å². The van der Waals surface area contributed by atoms with Crippen molar-refractivity contribution in [3.63, 3.8) is 0 Å². The summed E-state index contributed by atoms with van der Waals surface area (Å²) in [7, 11) is 1.53. The van der Waals surface area contributed by atoms with Crippen LogP contribution in [0.3, 0.4) is 0 Å². The van der Waals surface area contributed by atoms with Gasteiger partial charge in [-0.3, -0.25) is 0 Å². The minimum Gasteiger partial charge on any atom is -0.497 e. The number of anilines is 1. The molecule has 7 heteroatoms. The quantitative estimate of drug-likeness (QED) is 0.793. The van der Waals surface area contributed by atoms with Gasteiger partial charge in [0, 0.05) is 12.6 Å². The van der Waals surface area contributed by atoms with Crippen molar-refractivity contribution >= 4 is 11.7 Å². The summed E-state index contributed by atoms with van der Waals surface area (Å²) in [5.74, 6) is -0.960. The van der Waals surface area contributed by atoms with Gasteiger partial charge in [-0.05, 0) is 29.8 Å². The monoisotopic (exact) mass is 322 g/mol. The van der Waals surface area contributed by atoms with Crippen LogP contribution in [0.25, 0.3) is 0 Å². The molecule has 3 N–H and O–H groups in total. The molecule has 0 spiro atoms. The van der Waals surface area contributed by atoms with Crippen molar-refractivity contribution in [1.29, 1.82) is 0 Å². The molecule has 0 saturated heterocycles. The molecule has 0 heterocycles. The van der Waals surface area contributed by atoms with E-state index in [0.29, 0.717) is 17.4 Å². The number of rotatable bonds is 5. The van der Waals surface area contributed by atoms with Gasteiger partial charge in [-0.1, -0.05) is 12.1 Å². The van der Waals surface area contributed by atoms with Crippen molar-refractivity contribution in [3.8, 4) is 5.75 Å². The summed E-state index contributed by atoms with van der Waals surface area (Å²) in [4.78, 5) is 11.7. The maximum Gasteiger partial charge on any atom is 0.319 e. The Morgan fingerprint density at radius 3 is 2.52 bits per heavy atom. The number of ether oxygens (including phenoxy) is 1. The molecule has 0 aliphatic rings. The number of urea groups is 1. The van der Waals surface area contributed by atoms with E-state index in [4.69, 9.17) is 4.74 Å². The highest BCUT2D eigenvalue weighted by molar-refractivity contribution is 5.89. The summed E-state index contributed by atoms with van der Waals surface area (Å²) in [5.41, 5.74) is 0.446. The summed E-state index contributed by atoms with van der Waals surface area (Å²) in [6.07, 6.45) is -0.926. The number of nitrogens with one attached hydrogen (secondary N) is 2. The molecule has 0 aliphatic carbocycles. The maximum atomic E-state index is 13.4. The topological polar surface area (TPSA) is 70.6 Å². The third-order valence-corrected chi connectivity index (χ3v) is 3.14. The van der Waals surface area contributed by atoms with Gasteiger partial charge in [-0.2, -0.15) is 0 Å². The third-order valence-electron chi connectivity index (χ3n) is 3.14. The predicted molar refractivity (Wildman–Crippen MR) is 81.3 cm³/mol. The summed E-state index contributed by atoms with van der Waals surface area (Å²) in [6, 6.07) is 8.82. The van der Waals surface area contributed by atoms with Crippen molar-refractivity contribution in [2.45, 2.75) is 6.10 Å². The number of benzene rings is 2. The molecular weight excluding hydrogens is 306 g/mol. The largest absolute Gasteiger partial charge is 0.497 e. The molecule has 0 radical (unpaired) electrons. The van der Waals surface area contributed by atoms with Crippen LogP contribution >= 0.6 is 0 Å². The van der Waals surface area contributed by atoms with E-state index < -0.39 is 23.8 Å². The molecule has 23 heavy (non-hydrogen) atoms. The van der Waals surface area contributed by atoms with Crippen molar-refractivity contribution in [2.75, 3.05) is 19.0 Å². The molecule has 1 unspecified atom stereocenters. The lowest BCUT2D eigenvalue weighted by molar-refractivity contribution is 0.175. The van der Waals surface area contributed by atoms with Gasteiger partial charge in [0.25, 0.3) is 0 Å². The first kappa shape index (κ1) is 16.7. The molecule has 1 atom stereocenters. The Hall–Kier alpha value is -2.67. The Labute approximate surface area is 131 Å². The van der Waals surface area contributed by atoms with E-state index in [0.717, 1.165) is 12.1 Å². The number of halogens is 2. The molecule has 2 rings (SSSR count). The van der Waals surface area contributed by atoms with Gasteiger partial charge in [-0.15, -0.1) is 0 Å². The lowest BCUT2D eigenvalue weighted by atomic mass is 10.1. The molecule has 2 aromatic carbocycles. The lowest BCUT2D eigenvalue weighted by Crippen LogP contribution is -2.32. The number of carbonyl (C=O) groups is 1. The molecule has 5 nitrogen and oxygen atoms in total. The van der Waals surface area contributed by atoms with Gasteiger partial charge in [0.05, 0.1) is 18.9 Å². The second-order valence-corrected chi connectivity index (χ2v) is 4.75. The van der Waals surface area contributed by atoms with Gasteiger partial charge in [0.2, 0.25) is 0 Å². The van der Waals surface area contributed by atoms with Gasteiger partial charge < -0.3 is 20.5 Å². The fraction of sp³-hybridized carbons (Fsp3) is 0.188. The SMILES string of the molecule is COc1ccc(C(O)CNC(=O)Nc2ccc(F)cc2F)cc1. The molecule has 122 valence electrons. The van der Waals surface area contributed by atoms with Gasteiger partial charge in [0.15, 0.2) is 0 Å². The highest BCUT2D eigenvalue weighted by Gasteiger charge is 2.11. The van der Waals surface area contributed by atoms with E-state index in [1.54, 1.807) is 24.3 Å². The molecule has 0 bridgehead atoms. The Kier molecular flexibility index (Phi) is 5.48. The number of methoxy groups -OCH3 is 1. The van der Waals surface area contributed by atoms with Gasteiger partial charge in [0.1, 0.15) is 17.4 Å². The predicted octanol–water partition coefficient (Wildman–Crippen LogP) is 2.83. The van der Waals surface area contributed by atoms with Crippen LogP contribution in [0.15, 0.2) is 42.5 Å². The van der Waals surface area contributed by atoms with E-state index in [1.165, 1.54) is 7.11 Å². The summed E-state index contributed by atoms with van der Waals surface area (Å²) >= 11 is 0. The van der Waals surface area contributed by atoms with Crippen molar-refractivity contribution in [1.82, 2.24) is 5.32 Å². The number of hydrogen-bond donors (Lipinski definition) is 3. The van der Waals surface area contributed by atoms with Crippen LogP contribution in [-0.4, -0.2) is 24.8 Å². The van der Waals surface area contributed by atoms with E-state index in [1.807, 2.05) is 0 Å². The van der Waals surface area contributed by atoms with Crippen LogP contribution in [0.1, 0.15) is 11.7 Å². The lowest BCUT2D eigenvalue weighted by Gasteiger charge is -2.13. The first-order chi connectivity index (χ1) is 11.0. The zero-order valence-corrected chi connectivity index (χ0v) is 12.3. The average Bonchev–Trinajstić information content (AvgIpc) is 2.55. The Morgan fingerprint density at radius 2 is 1.91 bits per heavy atom. The number of aliphatic hydroxyl groups is 1. The number of amides is 2. The zero-order chi connectivity index (χ0) is 16.8. The summed E-state index contributed by atoms with van der Waals surface area (Å²) < 4.78 is 31.2. The Balaban J connectivity index is 1.87. The van der Waals surface area contributed by atoms with Crippen molar-refractivity contribution in [3.05, 3.63) is 59.7 Å². The van der Waals surface area contributed by atoms with Gasteiger partial charge in [-0.25, -0.2) is 13.6 Å². The minimum atomic E-state index is -0.926. The second kappa shape index (κ2) is 7.55. The highest BCUT2D eigenvalue weighted by atomic mass is 19.1. The fourth-order valence-electron chi connectivity index (χ4n) is 1.89. The van der Waals surface area contributed by atoms with Crippen LogP contribution in [0.2, 0.25) is 0 Å². The van der Waals surface area contributed by atoms with Crippen molar-refractivity contribution in [2.24, 2.45) is 0 Å². The highest BCUT2D eigenvalue weighted by Crippen LogP contribution is 2.17. The van der Waals surface area contributed by atoms with Crippen LogP contribution in [0.4, 0.5) is 19.3 Å². The standard InChI is InChI=1S/C16H16F2N2O3/c1-23-12-5-2-10(3-6-12)15(21)9-19-16(22)20-14-7-4-11(17)8-13(14)18/h2-8,15,21H,9H2,1H3,(H2,19,20,22). The average molecular weight is 322 g/mol. The second-order valence-electron chi connectivity index (χ2n) is 4.75. The molecule has 2 aromatic rings. The molecule has 0 saturated carbocycles. The number of aliphatic hydroxyl groups excluding tert-OH is 1. The Bertz CT molecular complexity index is 678. The maximum absolute atomic E-state index is 13.4. The number of carbonyl (C=O) groups excluding carboxylic acids is 1. The molecular formula is C16H16F2N2O3. The molecule has 0 fully saturated rings. The molecule has 0 aromatic heterocycles. The molecule has 2 amide bonds. The molecule has 0 aliphatic heterocycles. The summed E-state index contributed by atoms with van der Waals surface area (Å²) in [6.45, 7) is -0.0685. The van der Waals surface area contributed by atoms with Crippen LogP contribution in [0, 0.1) is 11.6 Å².